The molecule has 0 radical (unpaired) electrons. The number of hydrogen-bond donors (Lipinski definition) is 2. The Hall–Kier alpha value is -3.42. The number of carboxylic acids is 1. The van der Waals surface area contributed by atoms with E-state index in [9.17, 15) is 24.3 Å². The smallest absolute Gasteiger partial charge is 0.327 e. The Morgan fingerprint density at radius 1 is 0.966 bits per heavy atom. The van der Waals surface area contributed by atoms with Crippen molar-refractivity contribution in [2.75, 3.05) is 13.2 Å². The van der Waals surface area contributed by atoms with Gasteiger partial charge in [0.05, 0.1) is 25.6 Å². The van der Waals surface area contributed by atoms with E-state index in [1.807, 2.05) is 24.3 Å². The lowest BCUT2D eigenvalue weighted by atomic mass is 9.95. The van der Waals surface area contributed by atoms with Crippen LogP contribution in [0.1, 0.15) is 30.6 Å². The van der Waals surface area contributed by atoms with Gasteiger partial charge < -0.3 is 19.9 Å². The number of nitrogens with one attached hydrogen (secondary N) is 1. The average Bonchev–Trinajstić information content (AvgIpc) is 2.70. The Kier molecular flexibility index (Phi) is 7.70. The molecule has 8 nitrogen and oxygen atoms in total. The first-order valence-electron chi connectivity index (χ1n) is 9.22. The summed E-state index contributed by atoms with van der Waals surface area (Å²) in [7, 11) is 0. The predicted molar refractivity (Wildman–Crippen MR) is 104 cm³/mol. The molecule has 0 saturated heterocycles. The van der Waals surface area contributed by atoms with Gasteiger partial charge in [-0.05, 0) is 36.8 Å². The highest BCUT2D eigenvalue weighted by molar-refractivity contribution is 6.01. The quantitative estimate of drug-likeness (QED) is 0.618. The molecule has 0 spiro atoms. The van der Waals surface area contributed by atoms with E-state index in [0.717, 1.165) is 10.8 Å². The van der Waals surface area contributed by atoms with Crippen molar-refractivity contribution >= 4 is 34.6 Å². The minimum absolute atomic E-state index is 0.00309. The largest absolute Gasteiger partial charge is 0.480 e. The molecular weight excluding hydrogens is 378 g/mol. The summed E-state index contributed by atoms with van der Waals surface area (Å²) in [6.45, 7) is 3.23. The molecule has 2 atom stereocenters. The number of carbonyl (C=O) groups excluding carboxylic acids is 3. The van der Waals surface area contributed by atoms with Crippen LogP contribution in [0.15, 0.2) is 42.5 Å². The summed E-state index contributed by atoms with van der Waals surface area (Å²) in [6, 6.07) is 10.6. The fraction of sp³-hybridized carbons (Fsp3) is 0.333. The van der Waals surface area contributed by atoms with Crippen LogP contribution in [0.2, 0.25) is 0 Å². The molecule has 0 heterocycles. The van der Waals surface area contributed by atoms with Gasteiger partial charge in [-0.15, -0.1) is 0 Å². The fourth-order valence-electron chi connectivity index (χ4n) is 2.88. The van der Waals surface area contributed by atoms with Crippen molar-refractivity contribution in [2.45, 2.75) is 26.3 Å². The second-order valence-corrected chi connectivity index (χ2v) is 6.22. The summed E-state index contributed by atoms with van der Waals surface area (Å²) in [5.74, 6) is -5.21. The topological polar surface area (TPSA) is 119 Å². The minimum Gasteiger partial charge on any atom is -0.480 e. The molecule has 2 rings (SSSR count). The van der Waals surface area contributed by atoms with Gasteiger partial charge >= 0.3 is 17.9 Å². The zero-order chi connectivity index (χ0) is 21.4. The highest BCUT2D eigenvalue weighted by Gasteiger charge is 2.38. The van der Waals surface area contributed by atoms with Crippen molar-refractivity contribution < 1.29 is 33.8 Å². The lowest BCUT2D eigenvalue weighted by Crippen LogP contribution is -2.49. The standard InChI is InChI=1S/C21H23NO7/c1-3-28-17(23)12-16(21(27)29-4-2)18(20(25)26)22-19(24)15-10-9-13-7-5-6-8-14(13)11-15/h5-11,16,18H,3-4,12H2,1-2H3,(H,22,24)(H,25,26)/t16-,18+/m1/s1. The number of ether oxygens (including phenoxy) is 2. The van der Waals surface area contributed by atoms with Gasteiger partial charge in [0, 0.05) is 5.56 Å². The lowest BCUT2D eigenvalue weighted by molar-refractivity contribution is -0.159. The third-order valence-electron chi connectivity index (χ3n) is 4.25. The van der Waals surface area contributed by atoms with Crippen molar-refractivity contribution in [1.29, 1.82) is 0 Å². The Bertz CT molecular complexity index is 909. The Morgan fingerprint density at radius 3 is 2.24 bits per heavy atom. The van der Waals surface area contributed by atoms with Crippen LogP contribution in [0.4, 0.5) is 0 Å². The van der Waals surface area contributed by atoms with Crippen LogP contribution < -0.4 is 5.32 Å². The molecule has 2 N–H and O–H groups in total. The lowest BCUT2D eigenvalue weighted by Gasteiger charge is -2.23. The summed E-state index contributed by atoms with van der Waals surface area (Å²) < 4.78 is 9.71. The number of benzene rings is 2. The minimum atomic E-state index is -1.66. The van der Waals surface area contributed by atoms with Gasteiger partial charge in [0.15, 0.2) is 0 Å². The van der Waals surface area contributed by atoms with Crippen LogP contribution in [0.25, 0.3) is 10.8 Å². The molecule has 8 heteroatoms. The number of rotatable bonds is 9. The zero-order valence-electron chi connectivity index (χ0n) is 16.2. The van der Waals surface area contributed by atoms with E-state index in [1.165, 1.54) is 0 Å². The highest BCUT2D eigenvalue weighted by atomic mass is 16.5. The van der Waals surface area contributed by atoms with Crippen molar-refractivity contribution in [2.24, 2.45) is 5.92 Å². The molecule has 0 aliphatic heterocycles. The molecule has 154 valence electrons. The van der Waals surface area contributed by atoms with Crippen molar-refractivity contribution in [1.82, 2.24) is 5.32 Å². The van der Waals surface area contributed by atoms with E-state index in [4.69, 9.17) is 9.47 Å². The number of fused-ring (bicyclic) bond motifs is 1. The van der Waals surface area contributed by atoms with Gasteiger partial charge in [0.1, 0.15) is 6.04 Å². The molecule has 0 aliphatic carbocycles. The summed E-state index contributed by atoms with van der Waals surface area (Å²) in [6.07, 6.45) is -0.526. The molecule has 2 aromatic rings. The molecule has 1 amide bonds. The molecule has 0 fully saturated rings. The van der Waals surface area contributed by atoms with Crippen molar-refractivity contribution in [3.8, 4) is 0 Å². The third kappa shape index (κ3) is 5.78. The number of carboxylic acid groups (broad SMARTS) is 1. The van der Waals surface area contributed by atoms with Crippen molar-refractivity contribution in [3.05, 3.63) is 48.0 Å². The van der Waals surface area contributed by atoms with Gasteiger partial charge in [-0.25, -0.2) is 4.79 Å². The summed E-state index contributed by atoms with van der Waals surface area (Å²) in [4.78, 5) is 48.6. The average molecular weight is 401 g/mol. The van der Waals surface area contributed by atoms with Gasteiger partial charge in [-0.3, -0.25) is 14.4 Å². The molecule has 29 heavy (non-hydrogen) atoms. The van der Waals surface area contributed by atoms with Gasteiger partial charge in [0.2, 0.25) is 0 Å². The zero-order valence-corrected chi connectivity index (χ0v) is 16.2. The number of hydrogen-bond acceptors (Lipinski definition) is 6. The Labute approximate surface area is 167 Å². The van der Waals surface area contributed by atoms with E-state index in [1.54, 1.807) is 32.0 Å². The SMILES string of the molecule is CCOC(=O)C[C@@H](C(=O)OCC)[C@H](NC(=O)c1ccc2ccccc2c1)C(=O)O. The number of carbonyl (C=O) groups is 4. The van der Waals surface area contributed by atoms with Crippen LogP contribution in [0.3, 0.4) is 0 Å². The third-order valence-corrected chi connectivity index (χ3v) is 4.25. The van der Waals surface area contributed by atoms with Gasteiger partial charge in [-0.1, -0.05) is 30.3 Å². The van der Waals surface area contributed by atoms with E-state index in [2.05, 4.69) is 5.32 Å². The first-order chi connectivity index (χ1) is 13.9. The van der Waals surface area contributed by atoms with Gasteiger partial charge in [0.25, 0.3) is 5.91 Å². The van der Waals surface area contributed by atoms with E-state index >= 15 is 0 Å². The van der Waals surface area contributed by atoms with Crippen LogP contribution in [0.5, 0.6) is 0 Å². The number of amides is 1. The molecule has 0 bridgehead atoms. The molecule has 0 unspecified atom stereocenters. The monoisotopic (exact) mass is 401 g/mol. The molecule has 0 saturated carbocycles. The fourth-order valence-corrected chi connectivity index (χ4v) is 2.88. The second-order valence-electron chi connectivity index (χ2n) is 6.22. The first kappa shape index (κ1) is 21.9. The van der Waals surface area contributed by atoms with Crippen LogP contribution in [0, 0.1) is 5.92 Å². The molecular formula is C21H23NO7. The summed E-state index contributed by atoms with van der Waals surface area (Å²) >= 11 is 0. The second kappa shape index (κ2) is 10.2. The number of aliphatic carboxylic acids is 1. The van der Waals surface area contributed by atoms with Crippen molar-refractivity contribution in [3.63, 3.8) is 0 Å². The summed E-state index contributed by atoms with van der Waals surface area (Å²) in [5.41, 5.74) is 0.230. The molecule has 0 aliphatic rings. The van der Waals surface area contributed by atoms with Crippen LogP contribution >= 0.6 is 0 Å². The summed E-state index contributed by atoms with van der Waals surface area (Å²) in [5, 5.41) is 13.7. The predicted octanol–water partition coefficient (Wildman–Crippen LogP) is 2.16. The maximum absolute atomic E-state index is 12.7. The molecule has 0 aromatic heterocycles. The van der Waals surface area contributed by atoms with E-state index in [-0.39, 0.29) is 18.8 Å². The Morgan fingerprint density at radius 2 is 1.62 bits per heavy atom. The van der Waals surface area contributed by atoms with Gasteiger partial charge in [-0.2, -0.15) is 0 Å². The first-order valence-corrected chi connectivity index (χ1v) is 9.22. The van der Waals surface area contributed by atoms with E-state index in [0.29, 0.717) is 0 Å². The van der Waals surface area contributed by atoms with Crippen LogP contribution in [-0.2, 0) is 23.9 Å². The Balaban J connectivity index is 2.27. The molecule has 2 aromatic carbocycles. The van der Waals surface area contributed by atoms with E-state index < -0.39 is 42.2 Å². The maximum atomic E-state index is 12.7. The normalized spacial score (nSPS) is 12.6. The van der Waals surface area contributed by atoms with Crippen LogP contribution in [-0.4, -0.2) is 48.2 Å². The highest BCUT2D eigenvalue weighted by Crippen LogP contribution is 2.18. The maximum Gasteiger partial charge on any atom is 0.327 e. The number of esters is 2.